The van der Waals surface area contributed by atoms with E-state index in [1.165, 1.54) is 16.2 Å². The van der Waals surface area contributed by atoms with Crippen LogP contribution in [0.1, 0.15) is 10.4 Å². The molecule has 29 heavy (non-hydrogen) atoms. The van der Waals surface area contributed by atoms with Crippen molar-refractivity contribution in [1.29, 1.82) is 0 Å². The number of amides is 1. The Hall–Kier alpha value is -2.84. The molecule has 2 aromatic carbocycles. The minimum absolute atomic E-state index is 0.106. The molecule has 0 aliphatic heterocycles. The molecular formula is C21H26N3O4S+. The summed E-state index contributed by atoms with van der Waals surface area (Å²) in [5, 5.41) is 0.616. The van der Waals surface area contributed by atoms with Crippen molar-refractivity contribution in [2.75, 3.05) is 53.4 Å². The van der Waals surface area contributed by atoms with Crippen molar-refractivity contribution in [3.63, 3.8) is 0 Å². The maximum Gasteiger partial charge on any atom is 0.260 e. The standard InChI is InChI=1S/C21H25N3O4S/c1-23(2)12-13-24(20(25)14-6-8-15(26-3)9-7-14)21-22-18-16(27-4)10-11-17(28-5)19(18)29-21/h6-11H,12-13H2,1-5H3/p+1. The van der Waals surface area contributed by atoms with Gasteiger partial charge in [-0.3, -0.25) is 9.69 Å². The topological polar surface area (TPSA) is 65.3 Å². The van der Waals surface area contributed by atoms with Crippen LogP contribution in [0.25, 0.3) is 10.2 Å². The number of benzene rings is 2. The normalized spacial score (nSPS) is 11.0. The van der Waals surface area contributed by atoms with Gasteiger partial charge in [0.1, 0.15) is 27.5 Å². The van der Waals surface area contributed by atoms with Crippen LogP contribution in [-0.4, -0.2) is 59.4 Å². The third-order valence-electron chi connectivity index (χ3n) is 4.55. The highest BCUT2D eigenvalue weighted by atomic mass is 32.1. The van der Waals surface area contributed by atoms with E-state index in [4.69, 9.17) is 19.2 Å². The molecule has 1 amide bonds. The lowest BCUT2D eigenvalue weighted by Crippen LogP contribution is -3.06. The van der Waals surface area contributed by atoms with Crippen molar-refractivity contribution < 1.29 is 23.9 Å². The number of thiazole rings is 1. The van der Waals surface area contributed by atoms with Gasteiger partial charge in [0.25, 0.3) is 5.91 Å². The molecule has 0 radical (unpaired) electrons. The molecular weight excluding hydrogens is 390 g/mol. The lowest BCUT2D eigenvalue weighted by molar-refractivity contribution is -0.856. The van der Waals surface area contributed by atoms with E-state index in [2.05, 4.69) is 14.1 Å². The summed E-state index contributed by atoms with van der Waals surface area (Å²) in [6.45, 7) is 1.32. The molecule has 3 aromatic rings. The van der Waals surface area contributed by atoms with Crippen molar-refractivity contribution in [3.05, 3.63) is 42.0 Å². The van der Waals surface area contributed by atoms with Crippen molar-refractivity contribution in [3.8, 4) is 17.2 Å². The molecule has 1 heterocycles. The van der Waals surface area contributed by atoms with Crippen LogP contribution in [-0.2, 0) is 0 Å². The molecule has 154 valence electrons. The highest BCUT2D eigenvalue weighted by Gasteiger charge is 2.24. The first-order valence-corrected chi connectivity index (χ1v) is 10.1. The minimum atomic E-state index is -0.106. The summed E-state index contributed by atoms with van der Waals surface area (Å²) in [7, 11) is 8.94. The molecule has 7 nitrogen and oxygen atoms in total. The lowest BCUT2D eigenvalue weighted by Gasteiger charge is -2.20. The van der Waals surface area contributed by atoms with Gasteiger partial charge in [-0.05, 0) is 36.4 Å². The van der Waals surface area contributed by atoms with E-state index in [1.54, 1.807) is 50.5 Å². The van der Waals surface area contributed by atoms with Crippen LogP contribution in [0.3, 0.4) is 0 Å². The number of nitrogens with zero attached hydrogens (tertiary/aromatic N) is 2. The van der Waals surface area contributed by atoms with E-state index in [1.807, 2.05) is 12.1 Å². The number of hydrogen-bond acceptors (Lipinski definition) is 6. The predicted octanol–water partition coefficient (Wildman–Crippen LogP) is 2.11. The summed E-state index contributed by atoms with van der Waals surface area (Å²) in [6, 6.07) is 10.8. The van der Waals surface area contributed by atoms with Crippen LogP contribution >= 0.6 is 11.3 Å². The van der Waals surface area contributed by atoms with Gasteiger partial charge in [0.15, 0.2) is 5.13 Å². The Kier molecular flexibility index (Phi) is 6.56. The molecule has 0 fully saturated rings. The number of methoxy groups -OCH3 is 3. The van der Waals surface area contributed by atoms with E-state index in [-0.39, 0.29) is 5.91 Å². The Morgan fingerprint density at radius 1 is 1.00 bits per heavy atom. The summed E-state index contributed by atoms with van der Waals surface area (Å²) >= 11 is 1.42. The first kappa shape index (κ1) is 20.9. The quantitative estimate of drug-likeness (QED) is 0.609. The fourth-order valence-electron chi connectivity index (χ4n) is 2.90. The zero-order chi connectivity index (χ0) is 21.0. The third kappa shape index (κ3) is 4.44. The largest absolute Gasteiger partial charge is 0.497 e. The summed E-state index contributed by atoms with van der Waals surface area (Å²) in [5.41, 5.74) is 1.27. The molecule has 0 saturated heterocycles. The second-order valence-corrected chi connectivity index (χ2v) is 7.76. The van der Waals surface area contributed by atoms with Gasteiger partial charge < -0.3 is 19.1 Å². The Balaban J connectivity index is 2.04. The molecule has 0 atom stereocenters. The van der Waals surface area contributed by atoms with Crippen molar-refractivity contribution >= 4 is 32.6 Å². The van der Waals surface area contributed by atoms with E-state index in [0.29, 0.717) is 40.0 Å². The highest BCUT2D eigenvalue weighted by Crippen LogP contribution is 2.40. The number of likely N-dealkylation sites (N-methyl/N-ethyl adjacent to an activating group) is 1. The molecule has 0 bridgehead atoms. The second-order valence-electron chi connectivity index (χ2n) is 6.79. The van der Waals surface area contributed by atoms with Gasteiger partial charge in [0.05, 0.1) is 48.5 Å². The number of aromatic nitrogens is 1. The smallest absolute Gasteiger partial charge is 0.260 e. The van der Waals surface area contributed by atoms with Gasteiger partial charge in [-0.15, -0.1) is 0 Å². The summed E-state index contributed by atoms with van der Waals surface area (Å²) in [5.74, 6) is 1.96. The average molecular weight is 417 g/mol. The van der Waals surface area contributed by atoms with Gasteiger partial charge in [-0.2, -0.15) is 0 Å². The van der Waals surface area contributed by atoms with Crippen LogP contribution in [0.15, 0.2) is 36.4 Å². The van der Waals surface area contributed by atoms with E-state index in [9.17, 15) is 4.79 Å². The first-order valence-electron chi connectivity index (χ1n) is 9.25. The van der Waals surface area contributed by atoms with Crippen molar-refractivity contribution in [2.24, 2.45) is 0 Å². The molecule has 0 unspecified atom stereocenters. The van der Waals surface area contributed by atoms with Crippen LogP contribution in [0.2, 0.25) is 0 Å². The average Bonchev–Trinajstić information content (AvgIpc) is 3.18. The summed E-state index contributed by atoms with van der Waals surface area (Å²) < 4.78 is 17.0. The molecule has 1 aromatic heterocycles. The number of hydrogen-bond donors (Lipinski definition) is 1. The number of nitrogens with one attached hydrogen (secondary N) is 1. The molecule has 3 rings (SSSR count). The van der Waals surface area contributed by atoms with E-state index in [0.717, 1.165) is 11.2 Å². The Bertz CT molecular complexity index is 945. The molecule has 0 spiro atoms. The van der Waals surface area contributed by atoms with Crippen LogP contribution < -0.4 is 24.0 Å². The Morgan fingerprint density at radius 3 is 2.24 bits per heavy atom. The SMILES string of the molecule is COc1ccc(C(=O)N(CC[NH+](C)C)c2nc3c(OC)ccc(OC)c3s2)cc1. The van der Waals surface area contributed by atoms with E-state index >= 15 is 0 Å². The molecule has 0 saturated carbocycles. The van der Waals surface area contributed by atoms with Gasteiger partial charge >= 0.3 is 0 Å². The molecule has 8 heteroatoms. The first-order chi connectivity index (χ1) is 14.0. The van der Waals surface area contributed by atoms with Gasteiger partial charge in [0.2, 0.25) is 0 Å². The number of fused-ring (bicyclic) bond motifs is 1. The number of carbonyl (C=O) groups excluding carboxylic acids is 1. The monoisotopic (exact) mass is 416 g/mol. The maximum atomic E-state index is 13.3. The van der Waals surface area contributed by atoms with Crippen LogP contribution in [0.4, 0.5) is 5.13 Å². The zero-order valence-electron chi connectivity index (χ0n) is 17.3. The second kappa shape index (κ2) is 9.11. The Morgan fingerprint density at radius 2 is 1.66 bits per heavy atom. The zero-order valence-corrected chi connectivity index (χ0v) is 18.1. The summed E-state index contributed by atoms with van der Waals surface area (Å²) in [6.07, 6.45) is 0. The van der Waals surface area contributed by atoms with Gasteiger partial charge in [0, 0.05) is 5.56 Å². The number of ether oxygens (including phenoxy) is 3. The van der Waals surface area contributed by atoms with E-state index < -0.39 is 0 Å². The number of quaternary nitrogens is 1. The number of carbonyl (C=O) groups is 1. The molecule has 0 aliphatic rings. The minimum Gasteiger partial charge on any atom is -0.497 e. The number of rotatable bonds is 8. The van der Waals surface area contributed by atoms with Gasteiger partial charge in [-0.1, -0.05) is 11.3 Å². The van der Waals surface area contributed by atoms with Crippen molar-refractivity contribution in [1.82, 2.24) is 4.98 Å². The fourth-order valence-corrected chi connectivity index (χ4v) is 4.00. The molecule has 0 aliphatic carbocycles. The van der Waals surface area contributed by atoms with Crippen molar-refractivity contribution in [2.45, 2.75) is 0 Å². The maximum absolute atomic E-state index is 13.3. The number of anilines is 1. The fraction of sp³-hybridized carbons (Fsp3) is 0.333. The van der Waals surface area contributed by atoms with Gasteiger partial charge in [-0.25, -0.2) is 4.98 Å². The Labute approximate surface area is 174 Å². The van der Waals surface area contributed by atoms with Crippen LogP contribution in [0, 0.1) is 0 Å². The molecule has 1 N–H and O–H groups in total. The van der Waals surface area contributed by atoms with Crippen LogP contribution in [0.5, 0.6) is 17.2 Å². The summed E-state index contributed by atoms with van der Waals surface area (Å²) in [4.78, 5) is 21.0. The third-order valence-corrected chi connectivity index (χ3v) is 5.64. The highest BCUT2D eigenvalue weighted by molar-refractivity contribution is 7.22. The lowest BCUT2D eigenvalue weighted by atomic mass is 10.2. The predicted molar refractivity (Wildman–Crippen MR) is 115 cm³/mol.